The van der Waals surface area contributed by atoms with Gasteiger partial charge in [-0.05, 0) is 19.4 Å². The first-order valence-corrected chi connectivity index (χ1v) is 9.29. The number of rotatable bonds is 5. The molecule has 3 rings (SSSR count). The summed E-state index contributed by atoms with van der Waals surface area (Å²) >= 11 is 1.69. The summed E-state index contributed by atoms with van der Waals surface area (Å²) in [5.74, 6) is 1.60. The fraction of sp³-hybridized carbons (Fsp3) is 0.588. The standard InChI is InChI=1S/C17H25N5O2S/c1-11-12(2)25-17-15(11)16(21(4)10-14(23)18-3)19-13(20-17)9-22-5-7-24-8-6-22/h5-10H2,1-4H3,(H,18,23). The molecule has 0 bridgehead atoms. The van der Waals surface area contributed by atoms with E-state index in [1.807, 2.05) is 11.9 Å². The van der Waals surface area contributed by atoms with Crippen molar-refractivity contribution in [3.05, 3.63) is 16.3 Å². The summed E-state index contributed by atoms with van der Waals surface area (Å²) in [6.07, 6.45) is 0. The number of hydrogen-bond acceptors (Lipinski definition) is 7. The van der Waals surface area contributed by atoms with Gasteiger partial charge in [-0.2, -0.15) is 0 Å². The van der Waals surface area contributed by atoms with Crippen LogP contribution in [0.5, 0.6) is 0 Å². The van der Waals surface area contributed by atoms with Crippen molar-refractivity contribution in [2.24, 2.45) is 0 Å². The fourth-order valence-electron chi connectivity index (χ4n) is 2.95. The average molecular weight is 363 g/mol. The number of morpholine rings is 1. The molecule has 1 amide bonds. The zero-order valence-corrected chi connectivity index (χ0v) is 16.1. The molecule has 0 aromatic carbocycles. The molecule has 2 aromatic heterocycles. The molecule has 25 heavy (non-hydrogen) atoms. The minimum Gasteiger partial charge on any atom is -0.379 e. The Bertz CT molecular complexity index is 770. The van der Waals surface area contributed by atoms with Crippen LogP contribution >= 0.6 is 11.3 Å². The summed E-state index contributed by atoms with van der Waals surface area (Å²) in [6.45, 7) is 8.47. The maximum Gasteiger partial charge on any atom is 0.239 e. The Hall–Kier alpha value is -1.77. The molecule has 3 heterocycles. The zero-order chi connectivity index (χ0) is 18.0. The predicted molar refractivity (Wildman–Crippen MR) is 100 cm³/mol. The molecule has 0 spiro atoms. The fourth-order valence-corrected chi connectivity index (χ4v) is 3.99. The van der Waals surface area contributed by atoms with Gasteiger partial charge < -0.3 is 15.0 Å². The molecule has 0 radical (unpaired) electrons. The second-order valence-corrected chi connectivity index (χ2v) is 7.55. The molecular formula is C17H25N5O2S. The highest BCUT2D eigenvalue weighted by Gasteiger charge is 2.20. The number of anilines is 1. The first-order chi connectivity index (χ1) is 12.0. The van der Waals surface area contributed by atoms with Crippen molar-refractivity contribution in [1.82, 2.24) is 20.2 Å². The summed E-state index contributed by atoms with van der Waals surface area (Å²) in [7, 11) is 3.55. The quantitative estimate of drug-likeness (QED) is 0.864. The molecule has 0 unspecified atom stereocenters. The number of hydrogen-bond donors (Lipinski definition) is 1. The summed E-state index contributed by atoms with van der Waals surface area (Å²) in [5, 5.41) is 3.73. The van der Waals surface area contributed by atoms with E-state index in [-0.39, 0.29) is 12.5 Å². The third-order valence-corrected chi connectivity index (χ3v) is 5.65. The topological polar surface area (TPSA) is 70.6 Å². The van der Waals surface area contributed by atoms with Crippen LogP contribution in [-0.2, 0) is 16.1 Å². The highest BCUT2D eigenvalue weighted by molar-refractivity contribution is 7.18. The van der Waals surface area contributed by atoms with Crippen LogP contribution in [0.2, 0.25) is 0 Å². The Kier molecular flexibility index (Phi) is 5.51. The van der Waals surface area contributed by atoms with Crippen molar-refractivity contribution in [3.8, 4) is 0 Å². The van der Waals surface area contributed by atoms with E-state index in [9.17, 15) is 4.79 Å². The lowest BCUT2D eigenvalue weighted by atomic mass is 10.2. The Morgan fingerprint density at radius 1 is 1.32 bits per heavy atom. The maximum absolute atomic E-state index is 11.8. The lowest BCUT2D eigenvalue weighted by molar-refractivity contribution is -0.119. The lowest BCUT2D eigenvalue weighted by Crippen LogP contribution is -2.36. The molecule has 1 aliphatic rings. The van der Waals surface area contributed by atoms with E-state index >= 15 is 0 Å². The Labute approximate surface area is 152 Å². The highest BCUT2D eigenvalue weighted by Crippen LogP contribution is 2.34. The van der Waals surface area contributed by atoms with E-state index in [4.69, 9.17) is 14.7 Å². The number of carbonyl (C=O) groups excluding carboxylic acids is 1. The van der Waals surface area contributed by atoms with Crippen molar-refractivity contribution in [3.63, 3.8) is 0 Å². The number of nitrogens with zero attached hydrogens (tertiary/aromatic N) is 4. The molecular weight excluding hydrogens is 338 g/mol. The van der Waals surface area contributed by atoms with Gasteiger partial charge in [0, 0.05) is 32.1 Å². The molecule has 136 valence electrons. The molecule has 8 heteroatoms. The normalized spacial score (nSPS) is 15.5. The Balaban J connectivity index is 1.97. The van der Waals surface area contributed by atoms with Crippen molar-refractivity contribution in [1.29, 1.82) is 0 Å². The van der Waals surface area contributed by atoms with Crippen LogP contribution in [0.25, 0.3) is 10.2 Å². The number of carbonyl (C=O) groups is 1. The SMILES string of the molecule is CNC(=O)CN(C)c1nc(CN2CCOCC2)nc2sc(C)c(C)c12. The number of thiophene rings is 1. The number of aromatic nitrogens is 2. The van der Waals surface area contributed by atoms with Gasteiger partial charge in [-0.15, -0.1) is 11.3 Å². The minimum atomic E-state index is -0.0337. The predicted octanol–water partition coefficient (Wildman–Crippen LogP) is 1.32. The van der Waals surface area contributed by atoms with E-state index in [2.05, 4.69) is 24.1 Å². The molecule has 1 saturated heterocycles. The van der Waals surface area contributed by atoms with E-state index in [1.54, 1.807) is 18.4 Å². The molecule has 0 aliphatic carbocycles. The van der Waals surface area contributed by atoms with Gasteiger partial charge in [0.25, 0.3) is 0 Å². The van der Waals surface area contributed by atoms with Gasteiger partial charge in [0.15, 0.2) is 0 Å². The monoisotopic (exact) mass is 363 g/mol. The van der Waals surface area contributed by atoms with Gasteiger partial charge in [-0.25, -0.2) is 9.97 Å². The second-order valence-electron chi connectivity index (χ2n) is 6.34. The molecule has 0 saturated carbocycles. The molecule has 7 nitrogen and oxygen atoms in total. The van der Waals surface area contributed by atoms with E-state index in [1.165, 1.54) is 10.4 Å². The highest BCUT2D eigenvalue weighted by atomic mass is 32.1. The number of aryl methyl sites for hydroxylation is 2. The molecule has 2 aromatic rings. The van der Waals surface area contributed by atoms with Crippen LogP contribution in [0.3, 0.4) is 0 Å². The number of likely N-dealkylation sites (N-methyl/N-ethyl adjacent to an activating group) is 2. The second kappa shape index (κ2) is 7.63. The molecule has 1 aliphatic heterocycles. The smallest absolute Gasteiger partial charge is 0.239 e. The first kappa shape index (κ1) is 18.0. The summed E-state index contributed by atoms with van der Waals surface area (Å²) in [4.78, 5) is 27.9. The Morgan fingerprint density at radius 2 is 2.04 bits per heavy atom. The van der Waals surface area contributed by atoms with E-state index < -0.39 is 0 Å². The summed E-state index contributed by atoms with van der Waals surface area (Å²) in [6, 6.07) is 0. The molecule has 1 fully saturated rings. The maximum atomic E-state index is 11.8. The number of ether oxygens (including phenoxy) is 1. The lowest BCUT2D eigenvalue weighted by Gasteiger charge is -2.26. The summed E-state index contributed by atoms with van der Waals surface area (Å²) in [5.41, 5.74) is 1.19. The van der Waals surface area contributed by atoms with Gasteiger partial charge in [-0.1, -0.05) is 0 Å². The zero-order valence-electron chi connectivity index (χ0n) is 15.3. The van der Waals surface area contributed by atoms with E-state index in [0.29, 0.717) is 6.54 Å². The van der Waals surface area contributed by atoms with Gasteiger partial charge in [0.1, 0.15) is 16.5 Å². The van der Waals surface area contributed by atoms with Gasteiger partial charge in [0.2, 0.25) is 5.91 Å². The van der Waals surface area contributed by atoms with Crippen molar-refractivity contribution >= 4 is 33.3 Å². The summed E-state index contributed by atoms with van der Waals surface area (Å²) < 4.78 is 5.41. The van der Waals surface area contributed by atoms with Crippen LogP contribution in [-0.4, -0.2) is 67.7 Å². The Morgan fingerprint density at radius 3 is 2.72 bits per heavy atom. The van der Waals surface area contributed by atoms with Crippen molar-refractivity contribution < 1.29 is 9.53 Å². The third kappa shape index (κ3) is 3.91. The number of nitrogens with one attached hydrogen (secondary N) is 1. The number of fused-ring (bicyclic) bond motifs is 1. The average Bonchev–Trinajstić information content (AvgIpc) is 2.89. The number of amides is 1. The molecule has 0 atom stereocenters. The third-order valence-electron chi connectivity index (χ3n) is 4.55. The first-order valence-electron chi connectivity index (χ1n) is 8.48. The van der Waals surface area contributed by atoms with Gasteiger partial charge in [-0.3, -0.25) is 9.69 Å². The van der Waals surface area contributed by atoms with Crippen LogP contribution in [0.15, 0.2) is 0 Å². The van der Waals surface area contributed by atoms with Gasteiger partial charge >= 0.3 is 0 Å². The van der Waals surface area contributed by atoms with Crippen molar-refractivity contribution in [2.45, 2.75) is 20.4 Å². The van der Waals surface area contributed by atoms with Crippen LogP contribution in [0.1, 0.15) is 16.3 Å². The van der Waals surface area contributed by atoms with Crippen LogP contribution in [0.4, 0.5) is 5.82 Å². The van der Waals surface area contributed by atoms with Crippen LogP contribution in [0, 0.1) is 13.8 Å². The molecule has 1 N–H and O–H groups in total. The van der Waals surface area contributed by atoms with E-state index in [0.717, 1.165) is 48.2 Å². The van der Waals surface area contributed by atoms with Gasteiger partial charge in [0.05, 0.1) is 31.7 Å². The van der Waals surface area contributed by atoms with Crippen LogP contribution < -0.4 is 10.2 Å². The largest absolute Gasteiger partial charge is 0.379 e. The minimum absolute atomic E-state index is 0.0337. The van der Waals surface area contributed by atoms with Crippen molar-refractivity contribution in [2.75, 3.05) is 51.8 Å².